The number of hydrogen-bond acceptors (Lipinski definition) is 6. The lowest BCUT2D eigenvalue weighted by atomic mass is 9.90. The van der Waals surface area contributed by atoms with E-state index >= 15 is 0 Å². The molecule has 0 bridgehead atoms. The number of nitrogens with zero attached hydrogens (tertiary/aromatic N) is 3. The predicted molar refractivity (Wildman–Crippen MR) is 138 cm³/mol. The number of carbonyl (C=O) groups excluding carboxylic acids is 4. The Balaban J connectivity index is 1.39. The number of methoxy groups -OCH3 is 1. The van der Waals surface area contributed by atoms with Crippen molar-refractivity contribution >= 4 is 53.0 Å². The molecule has 0 unspecified atom stereocenters. The monoisotopic (exact) mass is 551 g/mol. The third-order valence-electron chi connectivity index (χ3n) is 7.64. The average Bonchev–Trinajstić information content (AvgIpc) is 3.69. The van der Waals surface area contributed by atoms with Gasteiger partial charge in [0.1, 0.15) is 6.04 Å². The number of aliphatic hydroxyl groups is 1. The first-order valence-electron chi connectivity index (χ1n) is 12.4. The van der Waals surface area contributed by atoms with Gasteiger partial charge in [-0.25, -0.2) is 4.79 Å². The van der Waals surface area contributed by atoms with E-state index in [4.69, 9.17) is 27.9 Å². The number of halogens is 2. The van der Waals surface area contributed by atoms with Gasteiger partial charge in [-0.1, -0.05) is 29.3 Å². The van der Waals surface area contributed by atoms with Gasteiger partial charge < -0.3 is 24.5 Å². The van der Waals surface area contributed by atoms with Crippen LogP contribution in [0.3, 0.4) is 0 Å². The smallest absolute Gasteiger partial charge is 0.329 e. The summed E-state index contributed by atoms with van der Waals surface area (Å²) in [6, 6.07) is 3.92. The molecule has 2 aliphatic heterocycles. The van der Waals surface area contributed by atoms with Crippen LogP contribution in [0.4, 0.5) is 0 Å². The molecule has 0 aromatic heterocycles. The summed E-state index contributed by atoms with van der Waals surface area (Å²) < 4.78 is 4.92. The maximum atomic E-state index is 13.1. The number of benzene rings is 1. The van der Waals surface area contributed by atoms with E-state index in [0.717, 1.165) is 19.3 Å². The summed E-state index contributed by atoms with van der Waals surface area (Å²) in [5.74, 6) is -1.61. The van der Waals surface area contributed by atoms with Crippen molar-refractivity contribution in [2.45, 2.75) is 44.2 Å². The Kier molecular flexibility index (Phi) is 8.46. The highest BCUT2D eigenvalue weighted by Crippen LogP contribution is 2.53. The van der Waals surface area contributed by atoms with E-state index < -0.39 is 18.1 Å². The standard InChI is InChI=1S/C26H31Cl2N3O6/c1-37-25(36)20(15-24(35)30-11-9-26(7-8-26)21(32)16-30)31-13-12-29(10-6-23(31)34)22(33)5-3-17-2-4-18(27)19(28)14-17/h2-5,14,20-21,32H,6-13,15-16H2,1H3/t20-,21-/m1/s1. The zero-order valence-corrected chi connectivity index (χ0v) is 22.2. The van der Waals surface area contributed by atoms with E-state index in [1.54, 1.807) is 29.2 Å². The fourth-order valence-electron chi connectivity index (χ4n) is 5.02. The Labute approximate surface area is 225 Å². The zero-order chi connectivity index (χ0) is 26.7. The Bertz CT molecular complexity index is 1110. The highest BCUT2D eigenvalue weighted by Gasteiger charge is 2.52. The van der Waals surface area contributed by atoms with Gasteiger partial charge in [-0.15, -0.1) is 0 Å². The largest absolute Gasteiger partial charge is 0.467 e. The van der Waals surface area contributed by atoms with Crippen molar-refractivity contribution in [2.24, 2.45) is 5.41 Å². The summed E-state index contributed by atoms with van der Waals surface area (Å²) in [5, 5.41) is 11.2. The van der Waals surface area contributed by atoms with Crippen LogP contribution in [-0.4, -0.2) is 95.5 Å². The van der Waals surface area contributed by atoms with Gasteiger partial charge in [-0.3, -0.25) is 14.4 Å². The van der Waals surface area contributed by atoms with Crippen LogP contribution < -0.4 is 0 Å². The van der Waals surface area contributed by atoms with E-state index in [9.17, 15) is 24.3 Å². The summed E-state index contributed by atoms with van der Waals surface area (Å²) in [6.45, 7) is 1.22. The lowest BCUT2D eigenvalue weighted by Gasteiger charge is -2.37. The van der Waals surface area contributed by atoms with Crippen molar-refractivity contribution in [3.63, 3.8) is 0 Å². The van der Waals surface area contributed by atoms with Gasteiger partial charge in [-0.2, -0.15) is 0 Å². The molecule has 2 atom stereocenters. The maximum Gasteiger partial charge on any atom is 0.329 e. The fraction of sp³-hybridized carbons (Fsp3) is 0.538. The third-order valence-corrected chi connectivity index (χ3v) is 8.38. The van der Waals surface area contributed by atoms with Gasteiger partial charge >= 0.3 is 5.97 Å². The number of hydrogen-bond donors (Lipinski definition) is 1. The van der Waals surface area contributed by atoms with Crippen molar-refractivity contribution in [1.82, 2.24) is 14.7 Å². The minimum absolute atomic E-state index is 0.0129. The molecular formula is C26H31Cl2N3O6. The lowest BCUT2D eigenvalue weighted by molar-refractivity contribution is -0.156. The molecular weight excluding hydrogens is 521 g/mol. The van der Waals surface area contributed by atoms with Crippen LogP contribution >= 0.6 is 23.2 Å². The number of esters is 1. The zero-order valence-electron chi connectivity index (χ0n) is 20.7. The lowest BCUT2D eigenvalue weighted by Crippen LogP contribution is -2.52. The van der Waals surface area contributed by atoms with Crippen LogP contribution in [0.2, 0.25) is 10.0 Å². The quantitative estimate of drug-likeness (QED) is 0.429. The van der Waals surface area contributed by atoms with Crippen LogP contribution in [0.5, 0.6) is 0 Å². The molecule has 0 radical (unpaired) electrons. The summed E-state index contributed by atoms with van der Waals surface area (Å²) in [5.41, 5.74) is 0.652. The molecule has 1 spiro atoms. The number of likely N-dealkylation sites (tertiary alicyclic amines) is 1. The first kappa shape index (κ1) is 27.4. The number of aliphatic hydroxyl groups excluding tert-OH is 1. The molecule has 1 aromatic carbocycles. The van der Waals surface area contributed by atoms with E-state index in [1.165, 1.54) is 23.0 Å². The number of piperidine rings is 1. The van der Waals surface area contributed by atoms with Gasteiger partial charge in [0.05, 0.1) is 29.7 Å². The Morgan fingerprint density at radius 2 is 1.86 bits per heavy atom. The van der Waals surface area contributed by atoms with Gasteiger partial charge in [-0.05, 0) is 48.4 Å². The van der Waals surface area contributed by atoms with Crippen LogP contribution in [0.25, 0.3) is 6.08 Å². The molecule has 2 saturated heterocycles. The van der Waals surface area contributed by atoms with Gasteiger partial charge in [0.15, 0.2) is 0 Å². The Morgan fingerprint density at radius 1 is 1.11 bits per heavy atom. The van der Waals surface area contributed by atoms with E-state index in [0.29, 0.717) is 22.2 Å². The van der Waals surface area contributed by atoms with Gasteiger partial charge in [0.2, 0.25) is 17.7 Å². The molecule has 4 rings (SSSR count). The summed E-state index contributed by atoms with van der Waals surface area (Å²) in [6.07, 6.45) is 4.90. The molecule has 200 valence electrons. The normalized spacial score (nSPS) is 22.2. The summed E-state index contributed by atoms with van der Waals surface area (Å²) in [7, 11) is 1.22. The second-order valence-electron chi connectivity index (χ2n) is 9.88. The number of carbonyl (C=O) groups is 4. The Morgan fingerprint density at radius 3 is 2.51 bits per heavy atom. The second-order valence-corrected chi connectivity index (χ2v) is 10.7. The van der Waals surface area contributed by atoms with Crippen molar-refractivity contribution in [2.75, 3.05) is 39.8 Å². The van der Waals surface area contributed by atoms with Crippen molar-refractivity contribution in [3.05, 3.63) is 39.9 Å². The van der Waals surface area contributed by atoms with Crippen LogP contribution in [0.1, 0.15) is 37.7 Å². The van der Waals surface area contributed by atoms with Crippen molar-refractivity contribution in [3.8, 4) is 0 Å². The van der Waals surface area contributed by atoms with E-state index in [-0.39, 0.29) is 62.2 Å². The minimum atomic E-state index is -1.10. The number of amides is 3. The Hall–Kier alpha value is -2.62. The maximum absolute atomic E-state index is 13.1. The molecule has 1 aliphatic carbocycles. The molecule has 3 amide bonds. The highest BCUT2D eigenvalue weighted by atomic mass is 35.5. The number of ether oxygens (including phenoxy) is 1. The van der Waals surface area contributed by atoms with Gasteiger partial charge in [0, 0.05) is 45.2 Å². The first-order chi connectivity index (χ1) is 17.6. The number of β-amino-alcohol motifs (C(OH)–C–C–N with tert-alkyl or cyclic N) is 1. The summed E-state index contributed by atoms with van der Waals surface area (Å²) >= 11 is 12.0. The van der Waals surface area contributed by atoms with Crippen LogP contribution in [0.15, 0.2) is 24.3 Å². The van der Waals surface area contributed by atoms with E-state index in [1.807, 2.05) is 0 Å². The average molecular weight is 552 g/mol. The molecule has 3 fully saturated rings. The predicted octanol–water partition coefficient (Wildman–Crippen LogP) is 2.37. The molecule has 3 aliphatic rings. The number of rotatable bonds is 6. The SMILES string of the molecule is COC(=O)[C@@H](CC(=O)N1CCC2(CC2)[C@H](O)C1)N1CCN(C(=O)C=Cc2ccc(Cl)c(Cl)c2)CCC1=O. The van der Waals surface area contributed by atoms with Crippen molar-refractivity contribution in [1.29, 1.82) is 0 Å². The molecule has 1 aromatic rings. The fourth-order valence-corrected chi connectivity index (χ4v) is 5.32. The molecule has 11 heteroatoms. The molecule has 37 heavy (non-hydrogen) atoms. The molecule has 9 nitrogen and oxygen atoms in total. The van der Waals surface area contributed by atoms with E-state index in [2.05, 4.69) is 0 Å². The van der Waals surface area contributed by atoms with Crippen LogP contribution in [0, 0.1) is 5.41 Å². The highest BCUT2D eigenvalue weighted by molar-refractivity contribution is 6.42. The molecule has 1 saturated carbocycles. The third kappa shape index (κ3) is 6.27. The minimum Gasteiger partial charge on any atom is -0.467 e. The first-order valence-corrected chi connectivity index (χ1v) is 13.1. The van der Waals surface area contributed by atoms with Gasteiger partial charge in [0.25, 0.3) is 0 Å². The van der Waals surface area contributed by atoms with Crippen LogP contribution in [-0.2, 0) is 23.9 Å². The topological polar surface area (TPSA) is 107 Å². The summed E-state index contributed by atoms with van der Waals surface area (Å²) in [4.78, 5) is 55.9. The second kappa shape index (κ2) is 11.4. The van der Waals surface area contributed by atoms with Crippen molar-refractivity contribution < 1.29 is 29.0 Å². The molecule has 2 heterocycles. The molecule has 1 N–H and O–H groups in total.